The maximum absolute atomic E-state index is 12.2. The third kappa shape index (κ3) is 10.2. The molecule has 0 bridgehead atoms. The lowest BCUT2D eigenvalue weighted by Crippen LogP contribution is -2.04. The predicted octanol–water partition coefficient (Wildman–Crippen LogP) is 6.69. The first-order valence-corrected chi connectivity index (χ1v) is 9.95. The van der Waals surface area contributed by atoms with Crippen molar-refractivity contribution >= 4 is 35.3 Å². The van der Waals surface area contributed by atoms with Crippen LogP contribution >= 0.6 is 0 Å². The van der Waals surface area contributed by atoms with Crippen LogP contribution in [0, 0.1) is 6.92 Å². The molecule has 0 heterocycles. The van der Waals surface area contributed by atoms with Crippen molar-refractivity contribution in [1.29, 1.82) is 0 Å². The number of benzene rings is 3. The van der Waals surface area contributed by atoms with Gasteiger partial charge in [-0.1, -0.05) is 42.5 Å². The Morgan fingerprint density at radius 3 is 1.71 bits per heavy atom. The van der Waals surface area contributed by atoms with Gasteiger partial charge < -0.3 is 4.74 Å². The number of isocyanates is 3. The highest BCUT2D eigenvalue weighted by atomic mass is 19.4. The molecule has 0 aromatic heterocycles. The number of rotatable bonds is 5. The van der Waals surface area contributed by atoms with Crippen LogP contribution in [0.5, 0.6) is 5.75 Å². The molecule has 3 rings (SSSR count). The van der Waals surface area contributed by atoms with Crippen LogP contribution < -0.4 is 4.74 Å². The Morgan fingerprint density at radius 2 is 1.17 bits per heavy atom. The fourth-order valence-electron chi connectivity index (χ4n) is 2.47. The molecule has 3 aromatic rings. The Morgan fingerprint density at radius 1 is 0.714 bits per heavy atom. The third-order valence-corrected chi connectivity index (χ3v) is 3.99. The molecule has 180 valence electrons. The minimum Gasteiger partial charge on any atom is -0.492 e. The van der Waals surface area contributed by atoms with E-state index in [0.717, 1.165) is 23.8 Å². The van der Waals surface area contributed by atoms with Crippen LogP contribution in [0.3, 0.4) is 0 Å². The summed E-state index contributed by atoms with van der Waals surface area (Å²) in [4.78, 5) is 39.6. The summed E-state index contributed by atoms with van der Waals surface area (Å²) >= 11 is 0. The van der Waals surface area contributed by atoms with Crippen LogP contribution in [0.1, 0.15) is 18.1 Å². The number of ether oxygens (including phenoxy) is 1. The van der Waals surface area contributed by atoms with Crippen molar-refractivity contribution in [3.63, 3.8) is 0 Å². The van der Waals surface area contributed by atoms with Crippen molar-refractivity contribution in [3.8, 4) is 5.75 Å². The second kappa shape index (κ2) is 15.3. The lowest BCUT2D eigenvalue weighted by molar-refractivity contribution is -0.137. The van der Waals surface area contributed by atoms with Gasteiger partial charge >= 0.3 is 6.18 Å². The second-order valence-electron chi connectivity index (χ2n) is 6.31. The van der Waals surface area contributed by atoms with Gasteiger partial charge in [-0.25, -0.2) is 14.4 Å². The molecule has 0 aliphatic heterocycles. The summed E-state index contributed by atoms with van der Waals surface area (Å²) in [5.41, 5.74) is 0.862. The van der Waals surface area contributed by atoms with E-state index in [-0.39, 0.29) is 0 Å². The van der Waals surface area contributed by atoms with Crippen LogP contribution in [0.15, 0.2) is 87.8 Å². The fourth-order valence-corrected chi connectivity index (χ4v) is 2.47. The summed E-state index contributed by atoms with van der Waals surface area (Å²) < 4.78 is 41.8. The monoisotopic (exact) mass is 483 g/mol. The summed E-state index contributed by atoms with van der Waals surface area (Å²) in [5, 5.41) is 0. The molecular formula is C25H20F3N3O4. The standard InChI is InChI=1S/C9H9NO2.C8H4F3NO.C8H7NO/c1-2-12-9-6-4-3-5-8(9)10-7-11;9-8(10,11)6-3-1-2-4-7(6)12-5-13;1-7-4-2-3-5-8(7)9-6-10/h3-6H,2H2,1H3;1-4H;2-5H,1H3. The van der Waals surface area contributed by atoms with Crippen LogP contribution in [-0.2, 0) is 20.6 Å². The molecule has 0 fully saturated rings. The molecule has 0 atom stereocenters. The zero-order chi connectivity index (χ0) is 26.1. The van der Waals surface area contributed by atoms with Gasteiger partial charge in [0.1, 0.15) is 11.4 Å². The van der Waals surface area contributed by atoms with E-state index >= 15 is 0 Å². The Balaban J connectivity index is 0.000000265. The Hall–Kier alpha value is -4.61. The van der Waals surface area contributed by atoms with Gasteiger partial charge in [0.15, 0.2) is 0 Å². The first-order valence-electron chi connectivity index (χ1n) is 9.95. The van der Waals surface area contributed by atoms with Crippen molar-refractivity contribution in [3.05, 3.63) is 83.9 Å². The molecule has 0 amide bonds. The highest BCUT2D eigenvalue weighted by molar-refractivity contribution is 5.57. The molecular weight excluding hydrogens is 463 g/mol. The van der Waals surface area contributed by atoms with E-state index in [0.29, 0.717) is 23.7 Å². The molecule has 0 aliphatic rings. The van der Waals surface area contributed by atoms with Gasteiger partial charge in [0.25, 0.3) is 0 Å². The summed E-state index contributed by atoms with van der Waals surface area (Å²) in [6.07, 6.45) is -0.440. The van der Waals surface area contributed by atoms with Crippen LogP contribution in [0.4, 0.5) is 30.2 Å². The number of carbonyl (C=O) groups excluding carboxylic acids is 3. The summed E-state index contributed by atoms with van der Waals surface area (Å²) in [7, 11) is 0. The number of halogens is 3. The largest absolute Gasteiger partial charge is 0.492 e. The van der Waals surface area contributed by atoms with Gasteiger partial charge in [0.2, 0.25) is 18.2 Å². The molecule has 0 aliphatic carbocycles. The summed E-state index contributed by atoms with van der Waals surface area (Å²) in [6.45, 7) is 4.34. The number of para-hydroxylation sites is 4. The lowest BCUT2D eigenvalue weighted by Gasteiger charge is -2.07. The van der Waals surface area contributed by atoms with Crippen molar-refractivity contribution < 1.29 is 32.3 Å². The number of aliphatic imine (C=N–C) groups is 3. The maximum Gasteiger partial charge on any atom is 0.418 e. The van der Waals surface area contributed by atoms with Crippen molar-refractivity contribution in [1.82, 2.24) is 0 Å². The molecule has 0 saturated heterocycles. The van der Waals surface area contributed by atoms with E-state index in [1.165, 1.54) is 24.3 Å². The van der Waals surface area contributed by atoms with E-state index < -0.39 is 17.4 Å². The van der Waals surface area contributed by atoms with Crippen LogP contribution in [0.25, 0.3) is 0 Å². The SMILES string of the molecule is CCOc1ccccc1N=C=O.Cc1ccccc1N=C=O.O=C=Nc1ccccc1C(F)(F)F. The second-order valence-corrected chi connectivity index (χ2v) is 6.31. The smallest absolute Gasteiger partial charge is 0.418 e. The van der Waals surface area contributed by atoms with Crippen molar-refractivity contribution in [2.45, 2.75) is 20.0 Å². The zero-order valence-corrected chi connectivity index (χ0v) is 18.7. The van der Waals surface area contributed by atoms with Crippen molar-refractivity contribution in [2.75, 3.05) is 6.61 Å². The Labute approximate surface area is 199 Å². The first kappa shape index (κ1) is 28.4. The number of hydrogen-bond acceptors (Lipinski definition) is 7. The molecule has 0 radical (unpaired) electrons. The van der Waals surface area contributed by atoms with Gasteiger partial charge in [-0.3, -0.25) is 0 Å². The molecule has 0 unspecified atom stereocenters. The molecule has 0 saturated carbocycles. The Bertz CT molecular complexity index is 1240. The first-order chi connectivity index (χ1) is 16.8. The topological polar surface area (TPSA) is 97.5 Å². The molecule has 7 nitrogen and oxygen atoms in total. The van der Waals surface area contributed by atoms with E-state index in [1.54, 1.807) is 24.3 Å². The molecule has 35 heavy (non-hydrogen) atoms. The summed E-state index contributed by atoms with van der Waals surface area (Å²) in [6, 6.07) is 19.1. The van der Waals surface area contributed by atoms with Gasteiger partial charge in [-0.05, 0) is 49.7 Å². The number of aryl methyl sites for hydroxylation is 1. The minimum atomic E-state index is -4.49. The van der Waals surface area contributed by atoms with E-state index in [9.17, 15) is 27.6 Å². The maximum atomic E-state index is 12.2. The molecule has 10 heteroatoms. The molecule has 0 spiro atoms. The number of nitrogens with zero attached hydrogens (tertiary/aromatic N) is 3. The normalized spacial score (nSPS) is 9.40. The Kier molecular flexibility index (Phi) is 12.4. The fraction of sp³-hybridized carbons (Fsp3) is 0.160. The highest BCUT2D eigenvalue weighted by Gasteiger charge is 2.33. The lowest BCUT2D eigenvalue weighted by atomic mass is 10.2. The average Bonchev–Trinajstić information content (AvgIpc) is 2.83. The number of hydrogen-bond donors (Lipinski definition) is 0. The van der Waals surface area contributed by atoms with E-state index in [4.69, 9.17) is 4.74 Å². The predicted molar refractivity (Wildman–Crippen MR) is 124 cm³/mol. The highest BCUT2D eigenvalue weighted by Crippen LogP contribution is 2.35. The van der Waals surface area contributed by atoms with Gasteiger partial charge in [-0.2, -0.15) is 28.1 Å². The van der Waals surface area contributed by atoms with Gasteiger partial charge in [0, 0.05) is 0 Å². The zero-order valence-electron chi connectivity index (χ0n) is 18.7. The molecule has 0 N–H and O–H groups in total. The van der Waals surface area contributed by atoms with E-state index in [2.05, 4.69) is 15.0 Å². The van der Waals surface area contributed by atoms with E-state index in [1.807, 2.05) is 38.1 Å². The summed E-state index contributed by atoms with van der Waals surface area (Å²) in [5.74, 6) is 0.614. The third-order valence-electron chi connectivity index (χ3n) is 3.99. The van der Waals surface area contributed by atoms with Crippen molar-refractivity contribution in [2.24, 2.45) is 15.0 Å². The van der Waals surface area contributed by atoms with Gasteiger partial charge in [0.05, 0.1) is 23.5 Å². The number of alkyl halides is 3. The van der Waals surface area contributed by atoms with Crippen LogP contribution in [0.2, 0.25) is 0 Å². The quantitative estimate of drug-likeness (QED) is 0.298. The average molecular weight is 483 g/mol. The minimum absolute atomic E-state index is 0.412. The molecule has 3 aromatic carbocycles. The van der Waals surface area contributed by atoms with Crippen LogP contribution in [-0.4, -0.2) is 24.8 Å². The van der Waals surface area contributed by atoms with Gasteiger partial charge in [-0.15, -0.1) is 0 Å².